The van der Waals surface area contributed by atoms with E-state index in [0.717, 1.165) is 6.54 Å². The number of nitrogens with zero attached hydrogens (tertiary/aromatic N) is 1. The third kappa shape index (κ3) is 5.44. The molecule has 1 aliphatic rings. The van der Waals surface area contributed by atoms with Gasteiger partial charge in [-0.05, 0) is 13.8 Å². The van der Waals surface area contributed by atoms with Crippen molar-refractivity contribution in [3.8, 4) is 0 Å². The van der Waals surface area contributed by atoms with Gasteiger partial charge in [0.25, 0.3) is 0 Å². The van der Waals surface area contributed by atoms with E-state index in [1.165, 1.54) is 0 Å². The number of ether oxygens (including phenoxy) is 2. The molecule has 0 radical (unpaired) electrons. The summed E-state index contributed by atoms with van der Waals surface area (Å²) in [5.74, 6) is -0.386. The van der Waals surface area contributed by atoms with Gasteiger partial charge in [-0.1, -0.05) is 0 Å². The topological polar surface area (TPSA) is 79.9 Å². The van der Waals surface area contributed by atoms with Gasteiger partial charge in [-0.3, -0.25) is 14.5 Å². The maximum absolute atomic E-state index is 11.9. The van der Waals surface area contributed by atoms with Crippen LogP contribution in [-0.2, 0) is 19.1 Å². The Labute approximate surface area is 120 Å². The maximum Gasteiger partial charge on any atom is 0.324 e. The Kier molecular flexibility index (Phi) is 7.50. The van der Waals surface area contributed by atoms with Gasteiger partial charge < -0.3 is 20.1 Å². The minimum atomic E-state index is -0.396. The van der Waals surface area contributed by atoms with Gasteiger partial charge in [0.15, 0.2) is 0 Å². The lowest BCUT2D eigenvalue weighted by Gasteiger charge is -2.34. The Bertz CT molecular complexity index is 325. The van der Waals surface area contributed by atoms with Gasteiger partial charge in [0.1, 0.15) is 6.04 Å². The Hall–Kier alpha value is -1.18. The summed E-state index contributed by atoms with van der Waals surface area (Å²) in [5.41, 5.74) is 0. The zero-order valence-electron chi connectivity index (χ0n) is 12.5. The average Bonchev–Trinajstić information content (AvgIpc) is 2.39. The molecule has 2 unspecified atom stereocenters. The molecule has 7 nitrogen and oxygen atoms in total. The Morgan fingerprint density at radius 2 is 2.25 bits per heavy atom. The fraction of sp³-hybridized carbons (Fsp3) is 0.846. The van der Waals surface area contributed by atoms with Crippen molar-refractivity contribution in [2.45, 2.75) is 25.9 Å². The zero-order chi connectivity index (χ0) is 15.0. The van der Waals surface area contributed by atoms with Crippen LogP contribution in [0.15, 0.2) is 0 Å². The van der Waals surface area contributed by atoms with Gasteiger partial charge in [-0.25, -0.2) is 0 Å². The molecule has 2 atom stereocenters. The molecule has 1 amide bonds. The second-order valence-corrected chi connectivity index (χ2v) is 4.87. The highest BCUT2D eigenvalue weighted by Crippen LogP contribution is 2.05. The third-order valence-corrected chi connectivity index (χ3v) is 3.08. The highest BCUT2D eigenvalue weighted by Gasteiger charge is 2.31. The lowest BCUT2D eigenvalue weighted by atomic mass is 10.2. The second kappa shape index (κ2) is 8.89. The molecule has 2 N–H and O–H groups in total. The molecule has 0 bridgehead atoms. The number of piperazine rings is 1. The molecule has 0 aromatic heterocycles. The molecule has 1 rings (SSSR count). The zero-order valence-corrected chi connectivity index (χ0v) is 12.5. The molecule has 7 heteroatoms. The molecule has 1 saturated heterocycles. The molecule has 0 aromatic rings. The Balaban J connectivity index is 2.49. The summed E-state index contributed by atoms with van der Waals surface area (Å²) in [7, 11) is 1.59. The van der Waals surface area contributed by atoms with Crippen molar-refractivity contribution >= 4 is 11.9 Å². The molecule has 0 aromatic carbocycles. The van der Waals surface area contributed by atoms with E-state index in [2.05, 4.69) is 10.6 Å². The molecule has 1 heterocycles. The fourth-order valence-electron chi connectivity index (χ4n) is 2.20. The fourth-order valence-corrected chi connectivity index (χ4v) is 2.20. The molecule has 1 fully saturated rings. The number of nitrogens with one attached hydrogen (secondary N) is 2. The highest BCUT2D eigenvalue weighted by molar-refractivity contribution is 5.81. The minimum absolute atomic E-state index is 0.0449. The first-order valence-electron chi connectivity index (χ1n) is 6.98. The van der Waals surface area contributed by atoms with Crippen molar-refractivity contribution in [2.24, 2.45) is 0 Å². The smallest absolute Gasteiger partial charge is 0.324 e. The summed E-state index contributed by atoms with van der Waals surface area (Å²) in [6.45, 7) is 6.58. The van der Waals surface area contributed by atoms with E-state index in [0.29, 0.717) is 26.3 Å². The van der Waals surface area contributed by atoms with Crippen molar-refractivity contribution in [3.63, 3.8) is 0 Å². The van der Waals surface area contributed by atoms with E-state index in [1.54, 1.807) is 14.0 Å². The largest absolute Gasteiger partial charge is 0.465 e. The van der Waals surface area contributed by atoms with Crippen LogP contribution in [0.1, 0.15) is 13.8 Å². The van der Waals surface area contributed by atoms with Crippen molar-refractivity contribution < 1.29 is 19.1 Å². The number of carbonyl (C=O) groups is 2. The molecule has 20 heavy (non-hydrogen) atoms. The van der Waals surface area contributed by atoms with Crippen LogP contribution in [0.5, 0.6) is 0 Å². The van der Waals surface area contributed by atoms with Crippen LogP contribution in [0.25, 0.3) is 0 Å². The van der Waals surface area contributed by atoms with Gasteiger partial charge in [0.05, 0.1) is 19.8 Å². The number of amides is 1. The van der Waals surface area contributed by atoms with Gasteiger partial charge in [-0.2, -0.15) is 0 Å². The summed E-state index contributed by atoms with van der Waals surface area (Å²) >= 11 is 0. The summed E-state index contributed by atoms with van der Waals surface area (Å²) < 4.78 is 10.0. The van der Waals surface area contributed by atoms with Gasteiger partial charge >= 0.3 is 5.97 Å². The van der Waals surface area contributed by atoms with Crippen molar-refractivity contribution in [1.29, 1.82) is 0 Å². The van der Waals surface area contributed by atoms with Crippen LogP contribution in [0.4, 0.5) is 0 Å². The third-order valence-electron chi connectivity index (χ3n) is 3.08. The first-order chi connectivity index (χ1) is 9.58. The van der Waals surface area contributed by atoms with Gasteiger partial charge in [-0.15, -0.1) is 0 Å². The van der Waals surface area contributed by atoms with Gasteiger partial charge in [0.2, 0.25) is 5.91 Å². The number of hydrogen-bond acceptors (Lipinski definition) is 6. The predicted octanol–water partition coefficient (Wildman–Crippen LogP) is -1.03. The molecule has 0 spiro atoms. The number of hydrogen-bond donors (Lipinski definition) is 2. The quantitative estimate of drug-likeness (QED) is 0.583. The van der Waals surface area contributed by atoms with Gasteiger partial charge in [0, 0.05) is 32.8 Å². The van der Waals surface area contributed by atoms with Crippen LogP contribution in [0.3, 0.4) is 0 Å². The standard InChI is InChI=1S/C13H25N3O4/c1-4-20-13(18)11-7-14-5-6-16(11)8-12(17)15-10(2)9-19-3/h10-11,14H,4-9H2,1-3H3,(H,15,17). The molecular formula is C13H25N3O4. The van der Waals surface area contributed by atoms with E-state index in [-0.39, 0.29) is 24.5 Å². The first-order valence-corrected chi connectivity index (χ1v) is 6.98. The average molecular weight is 287 g/mol. The number of esters is 1. The number of methoxy groups -OCH3 is 1. The Morgan fingerprint density at radius 3 is 2.90 bits per heavy atom. The predicted molar refractivity (Wildman–Crippen MR) is 74.3 cm³/mol. The molecular weight excluding hydrogens is 262 g/mol. The molecule has 0 aliphatic carbocycles. The van der Waals surface area contributed by atoms with E-state index in [4.69, 9.17) is 9.47 Å². The van der Waals surface area contributed by atoms with Crippen LogP contribution >= 0.6 is 0 Å². The summed E-state index contributed by atoms with van der Waals surface area (Å²) in [5, 5.41) is 5.99. The molecule has 1 aliphatic heterocycles. The van der Waals surface area contributed by atoms with Crippen LogP contribution in [0.2, 0.25) is 0 Å². The minimum Gasteiger partial charge on any atom is -0.465 e. The summed E-state index contributed by atoms with van der Waals surface area (Å²) in [4.78, 5) is 25.7. The lowest BCUT2D eigenvalue weighted by molar-refractivity contribution is -0.150. The van der Waals surface area contributed by atoms with E-state index in [1.807, 2.05) is 11.8 Å². The van der Waals surface area contributed by atoms with Crippen molar-refractivity contribution in [1.82, 2.24) is 15.5 Å². The normalized spacial score (nSPS) is 21.2. The molecule has 116 valence electrons. The van der Waals surface area contributed by atoms with Crippen molar-refractivity contribution in [2.75, 3.05) is 46.5 Å². The molecule has 0 saturated carbocycles. The monoisotopic (exact) mass is 287 g/mol. The number of carbonyl (C=O) groups excluding carboxylic acids is 2. The highest BCUT2D eigenvalue weighted by atomic mass is 16.5. The van der Waals surface area contributed by atoms with Crippen LogP contribution < -0.4 is 10.6 Å². The van der Waals surface area contributed by atoms with Crippen molar-refractivity contribution in [3.05, 3.63) is 0 Å². The summed E-state index contributed by atoms with van der Waals surface area (Å²) in [6, 6.07) is -0.441. The first kappa shape index (κ1) is 16.9. The summed E-state index contributed by atoms with van der Waals surface area (Å²) in [6.07, 6.45) is 0. The van der Waals surface area contributed by atoms with Crippen LogP contribution in [-0.4, -0.2) is 75.4 Å². The number of rotatable bonds is 7. The van der Waals surface area contributed by atoms with E-state index in [9.17, 15) is 9.59 Å². The Morgan fingerprint density at radius 1 is 1.50 bits per heavy atom. The van der Waals surface area contributed by atoms with E-state index >= 15 is 0 Å². The van der Waals surface area contributed by atoms with E-state index < -0.39 is 6.04 Å². The second-order valence-electron chi connectivity index (χ2n) is 4.87. The maximum atomic E-state index is 11.9. The lowest BCUT2D eigenvalue weighted by Crippen LogP contribution is -2.58. The van der Waals surface area contributed by atoms with Crippen LogP contribution in [0, 0.1) is 0 Å². The SMILES string of the molecule is CCOC(=O)C1CNCCN1CC(=O)NC(C)COC.